The molecule has 18 heavy (non-hydrogen) atoms. The van der Waals surface area contributed by atoms with Gasteiger partial charge in [-0.25, -0.2) is 8.78 Å². The van der Waals surface area contributed by atoms with E-state index in [1.807, 2.05) is 0 Å². The van der Waals surface area contributed by atoms with Crippen molar-refractivity contribution in [3.63, 3.8) is 0 Å². The van der Waals surface area contributed by atoms with Gasteiger partial charge in [0.2, 0.25) is 0 Å². The highest BCUT2D eigenvalue weighted by Crippen LogP contribution is 2.30. The van der Waals surface area contributed by atoms with Crippen molar-refractivity contribution >= 4 is 33.0 Å². The van der Waals surface area contributed by atoms with E-state index in [0.717, 1.165) is 0 Å². The van der Waals surface area contributed by atoms with Crippen molar-refractivity contribution < 1.29 is 8.78 Å². The monoisotopic (exact) mass is 312 g/mol. The van der Waals surface area contributed by atoms with Gasteiger partial charge in [-0.3, -0.25) is 0 Å². The summed E-state index contributed by atoms with van der Waals surface area (Å²) in [4.78, 5) is 0. The lowest BCUT2D eigenvalue weighted by molar-refractivity contribution is 0.619. The SMILES string of the molecule is Cc1c(F)cccc1Nc1cc(F)c(Br)cc1N. The zero-order valence-corrected chi connectivity index (χ0v) is 11.2. The Balaban J connectivity index is 2.40. The summed E-state index contributed by atoms with van der Waals surface area (Å²) in [5.74, 6) is -0.753. The molecule has 2 rings (SSSR count). The molecule has 0 aliphatic rings. The van der Waals surface area contributed by atoms with Crippen LogP contribution in [0.3, 0.4) is 0 Å². The minimum atomic E-state index is -0.430. The third kappa shape index (κ3) is 2.46. The number of anilines is 3. The third-order valence-corrected chi connectivity index (χ3v) is 3.24. The Morgan fingerprint density at radius 2 is 1.83 bits per heavy atom. The van der Waals surface area contributed by atoms with Crippen LogP contribution in [0.5, 0.6) is 0 Å². The molecule has 0 atom stereocenters. The molecule has 0 saturated heterocycles. The zero-order chi connectivity index (χ0) is 13.3. The molecule has 0 unspecified atom stereocenters. The maximum absolute atomic E-state index is 13.4. The molecule has 2 aromatic carbocycles. The Hall–Kier alpha value is -1.62. The van der Waals surface area contributed by atoms with Crippen LogP contribution in [0, 0.1) is 18.6 Å². The third-order valence-electron chi connectivity index (χ3n) is 2.63. The molecular formula is C13H11BrF2N2. The molecule has 0 saturated carbocycles. The summed E-state index contributed by atoms with van der Waals surface area (Å²) in [6, 6.07) is 7.38. The van der Waals surface area contributed by atoms with E-state index < -0.39 is 5.82 Å². The number of nitrogens with one attached hydrogen (secondary N) is 1. The highest BCUT2D eigenvalue weighted by atomic mass is 79.9. The molecule has 0 aromatic heterocycles. The van der Waals surface area contributed by atoms with Crippen LogP contribution in [0.15, 0.2) is 34.8 Å². The quantitative estimate of drug-likeness (QED) is 0.808. The first-order chi connectivity index (χ1) is 8.49. The van der Waals surface area contributed by atoms with E-state index in [1.54, 1.807) is 19.1 Å². The molecule has 3 N–H and O–H groups in total. The van der Waals surface area contributed by atoms with E-state index in [4.69, 9.17) is 5.73 Å². The highest BCUT2D eigenvalue weighted by molar-refractivity contribution is 9.10. The zero-order valence-electron chi connectivity index (χ0n) is 9.60. The second-order valence-electron chi connectivity index (χ2n) is 3.89. The van der Waals surface area contributed by atoms with E-state index in [0.29, 0.717) is 27.1 Å². The van der Waals surface area contributed by atoms with Gasteiger partial charge in [-0.2, -0.15) is 0 Å². The number of hydrogen-bond donors (Lipinski definition) is 2. The van der Waals surface area contributed by atoms with Crippen LogP contribution in [0.2, 0.25) is 0 Å². The molecule has 5 heteroatoms. The van der Waals surface area contributed by atoms with Crippen molar-refractivity contribution in [2.45, 2.75) is 6.92 Å². The first-order valence-corrected chi connectivity index (χ1v) is 6.05. The van der Waals surface area contributed by atoms with E-state index in [9.17, 15) is 8.78 Å². The number of nitrogen functional groups attached to an aromatic ring is 1. The van der Waals surface area contributed by atoms with Gasteiger partial charge in [-0.15, -0.1) is 0 Å². The van der Waals surface area contributed by atoms with Crippen LogP contribution in [-0.2, 0) is 0 Å². The second-order valence-corrected chi connectivity index (χ2v) is 4.75. The molecule has 2 aromatic rings. The lowest BCUT2D eigenvalue weighted by Crippen LogP contribution is -2.00. The number of hydrogen-bond acceptors (Lipinski definition) is 2. The Bertz CT molecular complexity index is 600. The van der Waals surface area contributed by atoms with Gasteiger partial charge in [0, 0.05) is 17.3 Å². The van der Waals surface area contributed by atoms with Gasteiger partial charge in [0.1, 0.15) is 11.6 Å². The van der Waals surface area contributed by atoms with E-state index in [-0.39, 0.29) is 5.82 Å². The lowest BCUT2D eigenvalue weighted by Gasteiger charge is -2.12. The lowest BCUT2D eigenvalue weighted by atomic mass is 10.1. The Morgan fingerprint density at radius 1 is 1.11 bits per heavy atom. The summed E-state index contributed by atoms with van der Waals surface area (Å²) in [5.41, 5.74) is 7.58. The van der Waals surface area contributed by atoms with Crippen molar-refractivity contribution in [3.05, 3.63) is 52.0 Å². The molecule has 0 aliphatic heterocycles. The summed E-state index contributed by atoms with van der Waals surface area (Å²) in [7, 11) is 0. The predicted molar refractivity (Wildman–Crippen MR) is 72.9 cm³/mol. The summed E-state index contributed by atoms with van der Waals surface area (Å²) in [6.07, 6.45) is 0. The minimum absolute atomic E-state index is 0.293. The number of rotatable bonds is 2. The molecule has 0 radical (unpaired) electrons. The molecule has 0 amide bonds. The molecule has 0 fully saturated rings. The standard InChI is InChI=1S/C13H11BrF2N2/c1-7-9(15)3-2-4-12(7)18-13-6-10(16)8(14)5-11(13)17/h2-6,18H,17H2,1H3. The Morgan fingerprint density at radius 3 is 2.56 bits per heavy atom. The number of halogens is 3. The van der Waals surface area contributed by atoms with Crippen molar-refractivity contribution in [2.24, 2.45) is 0 Å². The van der Waals surface area contributed by atoms with Crippen LogP contribution < -0.4 is 11.1 Å². The van der Waals surface area contributed by atoms with Crippen LogP contribution in [0.25, 0.3) is 0 Å². The number of nitrogens with two attached hydrogens (primary N) is 1. The van der Waals surface area contributed by atoms with E-state index in [1.165, 1.54) is 18.2 Å². The van der Waals surface area contributed by atoms with Crippen LogP contribution in [-0.4, -0.2) is 0 Å². The average molecular weight is 313 g/mol. The van der Waals surface area contributed by atoms with Crippen LogP contribution >= 0.6 is 15.9 Å². The smallest absolute Gasteiger partial charge is 0.139 e. The fourth-order valence-corrected chi connectivity index (χ4v) is 1.92. The summed E-state index contributed by atoms with van der Waals surface area (Å²) < 4.78 is 27.1. The average Bonchev–Trinajstić information content (AvgIpc) is 2.32. The molecule has 0 aliphatic carbocycles. The van der Waals surface area contributed by atoms with Crippen LogP contribution in [0.4, 0.5) is 25.8 Å². The van der Waals surface area contributed by atoms with Crippen molar-refractivity contribution in [3.8, 4) is 0 Å². The second kappa shape index (κ2) is 4.94. The largest absolute Gasteiger partial charge is 0.397 e. The van der Waals surface area contributed by atoms with Gasteiger partial charge in [0.25, 0.3) is 0 Å². The highest BCUT2D eigenvalue weighted by Gasteiger charge is 2.08. The normalized spacial score (nSPS) is 10.4. The van der Waals surface area contributed by atoms with E-state index >= 15 is 0 Å². The predicted octanol–water partition coefficient (Wildman–Crippen LogP) is 4.36. The first-order valence-electron chi connectivity index (χ1n) is 5.25. The van der Waals surface area contributed by atoms with Gasteiger partial charge in [0.05, 0.1) is 15.8 Å². The maximum Gasteiger partial charge on any atom is 0.139 e. The Labute approximate surface area is 112 Å². The van der Waals surface area contributed by atoms with E-state index in [2.05, 4.69) is 21.2 Å². The van der Waals surface area contributed by atoms with Crippen LogP contribution in [0.1, 0.15) is 5.56 Å². The van der Waals surface area contributed by atoms with Crippen molar-refractivity contribution in [1.29, 1.82) is 0 Å². The maximum atomic E-state index is 13.4. The number of benzene rings is 2. The fraction of sp³-hybridized carbons (Fsp3) is 0.0769. The van der Waals surface area contributed by atoms with Crippen molar-refractivity contribution in [1.82, 2.24) is 0 Å². The van der Waals surface area contributed by atoms with Gasteiger partial charge in [0.15, 0.2) is 0 Å². The molecule has 0 heterocycles. The van der Waals surface area contributed by atoms with Gasteiger partial charge in [-0.05, 0) is 41.1 Å². The summed E-state index contributed by atoms with van der Waals surface area (Å²) in [5, 5.41) is 2.92. The van der Waals surface area contributed by atoms with Gasteiger partial charge >= 0.3 is 0 Å². The fourth-order valence-electron chi connectivity index (χ4n) is 1.56. The molecular weight excluding hydrogens is 302 g/mol. The topological polar surface area (TPSA) is 38.0 Å². The van der Waals surface area contributed by atoms with Crippen molar-refractivity contribution in [2.75, 3.05) is 11.1 Å². The molecule has 0 spiro atoms. The molecule has 94 valence electrons. The Kier molecular flexibility index (Phi) is 3.52. The summed E-state index contributed by atoms with van der Waals surface area (Å²) in [6.45, 7) is 1.64. The molecule has 0 bridgehead atoms. The minimum Gasteiger partial charge on any atom is -0.397 e. The summed E-state index contributed by atoms with van der Waals surface area (Å²) >= 11 is 3.05. The molecule has 2 nitrogen and oxygen atoms in total. The first kappa shape index (κ1) is 12.8. The van der Waals surface area contributed by atoms with Gasteiger partial charge < -0.3 is 11.1 Å². The van der Waals surface area contributed by atoms with Gasteiger partial charge in [-0.1, -0.05) is 6.07 Å².